The van der Waals surface area contributed by atoms with Gasteiger partial charge in [-0.3, -0.25) is 9.47 Å². The second-order valence-electron chi connectivity index (χ2n) is 19.9. The Labute approximate surface area is 417 Å². The third-order valence-electron chi connectivity index (χ3n) is 14.7. The van der Waals surface area contributed by atoms with Crippen molar-refractivity contribution >= 4 is 50.2 Å². The molecule has 0 fully saturated rings. The molecule has 0 amide bonds. The maximum atomic E-state index is 8.78. The lowest BCUT2D eigenvalue weighted by atomic mass is 9.80. The van der Waals surface area contributed by atoms with Gasteiger partial charge in [-0.1, -0.05) is 136 Å². The lowest BCUT2D eigenvalue weighted by Crippen LogP contribution is -3.02. The van der Waals surface area contributed by atoms with E-state index in [0.29, 0.717) is 23.7 Å². The van der Waals surface area contributed by atoms with Gasteiger partial charge in [0.25, 0.3) is 0 Å². The molecule has 0 saturated heterocycles. The number of ether oxygens (including phenoxy) is 1. The molecule has 70 heavy (non-hydrogen) atoms. The monoisotopic (exact) mass is 915 g/mol. The van der Waals surface area contributed by atoms with Crippen molar-refractivity contribution in [3.05, 3.63) is 211 Å². The zero-order valence-electron chi connectivity index (χ0n) is 44.7. The first kappa shape index (κ1) is 37.0. The van der Waals surface area contributed by atoms with Crippen LogP contribution in [-0.4, -0.2) is 29.3 Å². The maximum absolute atomic E-state index is 8.78. The van der Waals surface area contributed by atoms with Crippen LogP contribution in [-0.2, 0) is 18.3 Å². The molecule has 0 aliphatic carbocycles. The van der Waals surface area contributed by atoms with Crippen molar-refractivity contribution in [2.75, 3.05) is 29.6 Å². The summed E-state index contributed by atoms with van der Waals surface area (Å²) in [5, 5.41) is 1.77. The zero-order chi connectivity index (χ0) is 51.3. The summed E-state index contributed by atoms with van der Waals surface area (Å²) in [5.41, 5.74) is 17.9. The van der Waals surface area contributed by atoms with Crippen LogP contribution in [0.15, 0.2) is 194 Å². The minimum absolute atomic E-state index is 0.134. The van der Waals surface area contributed by atoms with Crippen molar-refractivity contribution in [2.24, 2.45) is 0 Å². The highest BCUT2D eigenvalue weighted by Crippen LogP contribution is 2.51. The lowest BCUT2D eigenvalue weighted by Gasteiger charge is -2.40. The predicted octanol–water partition coefficient (Wildman–Crippen LogP) is 14.9. The summed E-state index contributed by atoms with van der Waals surface area (Å²) in [7, 11) is 0. The van der Waals surface area contributed by atoms with E-state index in [2.05, 4.69) is 156 Å². The highest BCUT2D eigenvalue weighted by atomic mass is 16.5. The summed E-state index contributed by atoms with van der Waals surface area (Å²) < 4.78 is 51.6. The standard InChI is InChI=1S/C64H55N5O/c1-64(2,3)47-34-35-65-59(39-47)69-55-33-30-46(43-18-7-4-8-19-43)38-54(55)51-32-31-50(41-58(51)69)70-49-25-15-24-48(40-49)67-42-68(57-29-14-13-28-56(57)67)63-60(44-20-9-5-10-21-44)52-26-16-36-66-37-17-27-53(62(52)66)61(63)45-22-11-6-12-23-45/h4-15,18-25,28-35,38-41H,16-17,26-27,36-37,42H2,1-3H3/p+1/i4D,7D,8D,18D,19D. The molecule has 8 aromatic carbocycles. The molecule has 0 saturated carbocycles. The topological polar surface area (TPSA) is 38.0 Å². The van der Waals surface area contributed by atoms with Crippen LogP contribution in [0.3, 0.4) is 0 Å². The Bertz CT molecular complexity index is 3820. The molecule has 6 nitrogen and oxygen atoms in total. The fourth-order valence-corrected chi connectivity index (χ4v) is 11.5. The molecule has 3 aliphatic heterocycles. The number of nitrogens with one attached hydrogen (secondary N) is 1. The van der Waals surface area contributed by atoms with Crippen molar-refractivity contribution in [3.63, 3.8) is 0 Å². The van der Waals surface area contributed by atoms with Gasteiger partial charge in [0.2, 0.25) is 0 Å². The number of hydrogen-bond donors (Lipinski definition) is 1. The Kier molecular flexibility index (Phi) is 8.96. The van der Waals surface area contributed by atoms with Crippen molar-refractivity contribution in [1.82, 2.24) is 9.55 Å². The maximum Gasteiger partial charge on any atom is 0.167 e. The van der Waals surface area contributed by atoms with Gasteiger partial charge >= 0.3 is 0 Å². The predicted molar refractivity (Wildman–Crippen MR) is 289 cm³/mol. The first-order valence-electron chi connectivity index (χ1n) is 27.1. The fraction of sp³-hybridized carbons (Fsp3) is 0.172. The van der Waals surface area contributed by atoms with Gasteiger partial charge < -0.3 is 9.64 Å². The van der Waals surface area contributed by atoms with Crippen LogP contribution in [0.25, 0.3) is 61.0 Å². The van der Waals surface area contributed by atoms with Crippen LogP contribution in [0.4, 0.5) is 28.4 Å². The Morgan fingerprint density at radius 1 is 0.600 bits per heavy atom. The van der Waals surface area contributed by atoms with E-state index >= 15 is 0 Å². The van der Waals surface area contributed by atoms with Crippen LogP contribution in [0.2, 0.25) is 0 Å². The van der Waals surface area contributed by atoms with E-state index in [1.807, 2.05) is 42.6 Å². The molecule has 0 radical (unpaired) electrons. The lowest BCUT2D eigenvalue weighted by molar-refractivity contribution is -0.750. The van der Waals surface area contributed by atoms with Crippen molar-refractivity contribution in [1.29, 1.82) is 0 Å². The van der Waals surface area contributed by atoms with Crippen molar-refractivity contribution < 1.29 is 16.5 Å². The minimum atomic E-state index is -0.414. The molecule has 342 valence electrons. The summed E-state index contributed by atoms with van der Waals surface area (Å²) >= 11 is 0. The second-order valence-corrected chi connectivity index (χ2v) is 19.9. The number of aromatic nitrogens is 2. The normalized spacial score (nSPS) is 16.3. The van der Waals surface area contributed by atoms with Gasteiger partial charge in [-0.15, -0.1) is 0 Å². The Morgan fingerprint density at radius 3 is 2.03 bits per heavy atom. The van der Waals surface area contributed by atoms with Gasteiger partial charge in [-0.25, -0.2) is 9.88 Å². The first-order valence-corrected chi connectivity index (χ1v) is 24.6. The number of pyridine rings is 1. The molecule has 0 bridgehead atoms. The average Bonchev–Trinajstić information content (AvgIpc) is 4.05. The molecule has 13 rings (SSSR count). The molecule has 10 aromatic rings. The number of rotatable bonds is 8. The largest absolute Gasteiger partial charge is 0.457 e. The summed E-state index contributed by atoms with van der Waals surface area (Å²) in [6, 6.07) is 53.8. The van der Waals surface area contributed by atoms with Gasteiger partial charge in [-0.05, 0) is 125 Å². The SMILES string of the molecule is [2H]c1c([2H])c([2H])c(-c2ccc3c(c2)c2ccc(Oc4cccc(N5C[NH+](c6c(-c7ccccc7)c7c8c(c6-c6ccccc6)CCCN8CCC7)c6ccccc65)c4)cc2n3-c2cc(C(C)(C)C)ccn2)c([2H])c1[2H]. The van der Waals surface area contributed by atoms with E-state index < -0.39 is 6.04 Å². The molecule has 0 spiro atoms. The molecule has 3 aliphatic rings. The quantitative estimate of drug-likeness (QED) is 0.165. The van der Waals surface area contributed by atoms with E-state index in [9.17, 15) is 0 Å². The van der Waals surface area contributed by atoms with Crippen LogP contribution < -0.4 is 19.4 Å². The number of fused-ring (bicyclic) bond motifs is 4. The average molecular weight is 916 g/mol. The van der Waals surface area contributed by atoms with E-state index in [1.54, 1.807) is 0 Å². The summed E-state index contributed by atoms with van der Waals surface area (Å²) in [4.78, 5) is 11.4. The fourth-order valence-electron chi connectivity index (χ4n) is 11.5. The third kappa shape index (κ3) is 7.16. The third-order valence-corrected chi connectivity index (χ3v) is 14.7. The van der Waals surface area contributed by atoms with Gasteiger partial charge in [0, 0.05) is 65.1 Å². The first-order chi connectivity index (χ1) is 36.4. The Hall–Kier alpha value is -7.93. The minimum Gasteiger partial charge on any atom is -0.457 e. The summed E-state index contributed by atoms with van der Waals surface area (Å²) in [5.74, 6) is 2.08. The van der Waals surface area contributed by atoms with Crippen molar-refractivity contribution in [2.45, 2.75) is 51.9 Å². The number of anilines is 3. The Morgan fingerprint density at radius 2 is 1.30 bits per heavy atom. The van der Waals surface area contributed by atoms with Crippen LogP contribution >= 0.6 is 0 Å². The number of benzene rings is 8. The number of hydrogen-bond acceptors (Lipinski definition) is 4. The van der Waals surface area contributed by atoms with Gasteiger partial charge in [0.15, 0.2) is 18.0 Å². The van der Waals surface area contributed by atoms with E-state index in [0.717, 1.165) is 83.3 Å². The van der Waals surface area contributed by atoms with Gasteiger partial charge in [-0.2, -0.15) is 0 Å². The molecular weight excluding hydrogens is 855 g/mol. The molecule has 1 unspecified atom stereocenters. The molecular formula is C64H56N5O+. The van der Waals surface area contributed by atoms with E-state index in [1.165, 1.54) is 55.3 Å². The zero-order valence-corrected chi connectivity index (χ0v) is 39.7. The highest BCUT2D eigenvalue weighted by Gasteiger charge is 2.41. The van der Waals surface area contributed by atoms with Gasteiger partial charge in [0.1, 0.15) is 23.0 Å². The molecule has 1 atom stereocenters. The van der Waals surface area contributed by atoms with Crippen LogP contribution in [0.5, 0.6) is 11.5 Å². The Balaban J connectivity index is 0.921. The smallest absolute Gasteiger partial charge is 0.167 e. The highest BCUT2D eigenvalue weighted by molar-refractivity contribution is 6.11. The number of para-hydroxylation sites is 2. The molecule has 6 heteroatoms. The number of nitrogens with zero attached hydrogens (tertiary/aromatic N) is 4. The van der Waals surface area contributed by atoms with E-state index in [4.69, 9.17) is 16.6 Å². The van der Waals surface area contributed by atoms with E-state index in [-0.39, 0.29) is 35.1 Å². The second kappa shape index (κ2) is 16.9. The summed E-state index contributed by atoms with van der Waals surface area (Å²) in [6.45, 7) is 9.44. The van der Waals surface area contributed by atoms with Crippen LogP contribution in [0, 0.1) is 0 Å². The molecule has 2 aromatic heterocycles. The van der Waals surface area contributed by atoms with Crippen molar-refractivity contribution in [3.8, 4) is 50.7 Å². The molecule has 1 N–H and O–H groups in total. The van der Waals surface area contributed by atoms with Crippen LogP contribution in [0.1, 0.15) is 57.2 Å². The summed E-state index contributed by atoms with van der Waals surface area (Å²) in [6.07, 6.45) is 6.24. The number of quaternary nitrogens is 1. The van der Waals surface area contributed by atoms with Gasteiger partial charge in [0.05, 0.1) is 23.6 Å². The molecule has 5 heterocycles.